The largest absolute Gasteiger partial charge is 0.466 e. The first kappa shape index (κ1) is 19.0. The van der Waals surface area contributed by atoms with Gasteiger partial charge in [-0.1, -0.05) is 0 Å². The zero-order chi connectivity index (χ0) is 14.9. The van der Waals surface area contributed by atoms with Crippen LogP contribution in [0.3, 0.4) is 0 Å². The number of carbonyl (C=O) groups is 2. The van der Waals surface area contributed by atoms with Crippen molar-refractivity contribution < 1.29 is 28.1 Å². The van der Waals surface area contributed by atoms with Crippen LogP contribution in [-0.2, 0) is 28.1 Å². The Labute approximate surface area is 123 Å². The van der Waals surface area contributed by atoms with Crippen LogP contribution in [0.2, 0.25) is 0 Å². The molecule has 0 saturated heterocycles. The van der Waals surface area contributed by atoms with Gasteiger partial charge in [0.2, 0.25) is 0 Å². The Morgan fingerprint density at radius 1 is 1.16 bits per heavy atom. The zero-order valence-corrected chi connectivity index (χ0v) is 14.1. The van der Waals surface area contributed by atoms with E-state index in [1.54, 1.807) is 13.8 Å². The van der Waals surface area contributed by atoms with Gasteiger partial charge in [0, 0.05) is 0 Å². The van der Waals surface area contributed by atoms with Gasteiger partial charge in [0.1, 0.15) is 11.4 Å². The lowest BCUT2D eigenvalue weighted by Crippen LogP contribution is -2.24. The first-order valence-corrected chi connectivity index (χ1v) is 9.92. The lowest BCUT2D eigenvalue weighted by atomic mass is 10.3. The van der Waals surface area contributed by atoms with Gasteiger partial charge in [-0.05, 0) is 13.8 Å². The summed E-state index contributed by atoms with van der Waals surface area (Å²) >= 11 is 5.31. The van der Waals surface area contributed by atoms with Crippen molar-refractivity contribution in [3.63, 3.8) is 0 Å². The van der Waals surface area contributed by atoms with Crippen molar-refractivity contribution in [1.29, 1.82) is 0 Å². The molecule has 6 nitrogen and oxygen atoms in total. The molecule has 0 aliphatic heterocycles. The van der Waals surface area contributed by atoms with Gasteiger partial charge in [0.15, 0.2) is 5.25 Å². The maximum Gasteiger partial charge on any atom is 0.392 e. The first-order valence-electron chi connectivity index (χ1n) is 5.66. The smallest absolute Gasteiger partial charge is 0.392 e. The van der Waals surface area contributed by atoms with Crippen LogP contribution in [0.15, 0.2) is 0 Å². The van der Waals surface area contributed by atoms with E-state index in [1.807, 2.05) is 0 Å². The highest BCUT2D eigenvalue weighted by molar-refractivity contribution is 8.87. The van der Waals surface area contributed by atoms with E-state index in [-0.39, 0.29) is 19.6 Å². The van der Waals surface area contributed by atoms with E-state index in [4.69, 9.17) is 18.5 Å². The van der Waals surface area contributed by atoms with Gasteiger partial charge in [0.05, 0.1) is 46.1 Å². The quantitative estimate of drug-likeness (QED) is 0.395. The molecule has 0 fully saturated rings. The van der Waals surface area contributed by atoms with Crippen molar-refractivity contribution in [2.75, 3.05) is 27.4 Å². The van der Waals surface area contributed by atoms with Crippen LogP contribution < -0.4 is 0 Å². The molecule has 0 spiro atoms. The van der Waals surface area contributed by atoms with E-state index in [0.29, 0.717) is 0 Å². The Kier molecular flexibility index (Phi) is 9.82. The van der Waals surface area contributed by atoms with Gasteiger partial charge in [-0.3, -0.25) is 9.59 Å². The van der Waals surface area contributed by atoms with Crippen molar-refractivity contribution in [1.82, 2.24) is 0 Å². The first-order chi connectivity index (χ1) is 8.92. The van der Waals surface area contributed by atoms with Crippen LogP contribution in [-0.4, -0.2) is 44.6 Å². The number of hydrogen-bond donors (Lipinski definition) is 1. The number of hydrogen-bond acceptors (Lipinski definition) is 8. The van der Waals surface area contributed by atoms with Crippen molar-refractivity contribution in [3.05, 3.63) is 0 Å². The van der Waals surface area contributed by atoms with E-state index in [9.17, 15) is 9.59 Å². The SMILES string of the molecule is CCOC(=O)CC(S[P+](S)(OC)OC)C(=O)OCC. The minimum atomic E-state index is -2.54. The molecule has 0 amide bonds. The maximum atomic E-state index is 11.8. The Morgan fingerprint density at radius 2 is 1.68 bits per heavy atom. The van der Waals surface area contributed by atoms with E-state index in [0.717, 1.165) is 11.4 Å². The monoisotopic (exact) mass is 331 g/mol. The molecule has 0 N–H and O–H groups in total. The molecule has 0 bridgehead atoms. The molecule has 0 heterocycles. The highest BCUT2D eigenvalue weighted by Gasteiger charge is 2.45. The number of thiol groups is 1. The molecule has 0 aromatic rings. The molecule has 0 aliphatic rings. The van der Waals surface area contributed by atoms with E-state index in [1.165, 1.54) is 14.2 Å². The molecule has 112 valence electrons. The highest BCUT2D eigenvalue weighted by Crippen LogP contribution is 2.76. The van der Waals surface area contributed by atoms with Crippen LogP contribution >= 0.6 is 29.8 Å². The molecule has 1 unspecified atom stereocenters. The molecule has 0 aliphatic carbocycles. The summed E-state index contributed by atoms with van der Waals surface area (Å²) in [7, 11) is 2.87. The van der Waals surface area contributed by atoms with Crippen LogP contribution in [0.5, 0.6) is 0 Å². The molecule has 0 aromatic carbocycles. The summed E-state index contributed by atoms with van der Waals surface area (Å²) < 4.78 is 20.0. The second kappa shape index (κ2) is 9.83. The summed E-state index contributed by atoms with van der Waals surface area (Å²) in [5, 5.41) is -0.760. The summed E-state index contributed by atoms with van der Waals surface area (Å²) in [5.41, 5.74) is 0. The topological polar surface area (TPSA) is 71.1 Å². The fraction of sp³-hybridized carbons (Fsp3) is 0.800. The maximum absolute atomic E-state index is 11.8. The third-order valence-corrected chi connectivity index (χ3v) is 8.02. The Balaban J connectivity index is 4.76. The molecule has 0 saturated carbocycles. The van der Waals surface area contributed by atoms with Crippen molar-refractivity contribution >= 4 is 41.7 Å². The van der Waals surface area contributed by atoms with E-state index >= 15 is 0 Å². The molecule has 0 radical (unpaired) electrons. The third-order valence-electron chi connectivity index (χ3n) is 1.93. The summed E-state index contributed by atoms with van der Waals surface area (Å²) in [5.74, 6) is -0.978. The lowest BCUT2D eigenvalue weighted by molar-refractivity contribution is -0.149. The average Bonchev–Trinajstić information content (AvgIpc) is 2.38. The number of ether oxygens (including phenoxy) is 2. The van der Waals surface area contributed by atoms with Crippen LogP contribution in [0.1, 0.15) is 20.3 Å². The Morgan fingerprint density at radius 3 is 2.11 bits per heavy atom. The van der Waals surface area contributed by atoms with E-state index in [2.05, 4.69) is 12.2 Å². The third kappa shape index (κ3) is 7.37. The van der Waals surface area contributed by atoms with Gasteiger partial charge >= 0.3 is 18.1 Å². The van der Waals surface area contributed by atoms with Crippen LogP contribution in [0.4, 0.5) is 0 Å². The summed E-state index contributed by atoms with van der Waals surface area (Å²) in [6.07, 6.45) is -2.64. The summed E-state index contributed by atoms with van der Waals surface area (Å²) in [6, 6.07) is 0. The van der Waals surface area contributed by atoms with E-state index < -0.39 is 23.3 Å². The van der Waals surface area contributed by atoms with Gasteiger partial charge in [-0.15, -0.1) is 0 Å². The number of esters is 2. The standard InChI is InChI=1S/C10H20O6PS2/c1-5-15-9(11)7-8(10(12)16-6-2)19-17(18,13-3)14-4/h8,18H,5-7H2,1-4H3/q+1. The predicted molar refractivity (Wildman–Crippen MR) is 79.2 cm³/mol. The number of carbonyl (C=O) groups excluding carboxylic acids is 2. The fourth-order valence-electron chi connectivity index (χ4n) is 1.09. The van der Waals surface area contributed by atoms with Crippen molar-refractivity contribution in [3.8, 4) is 0 Å². The second-order valence-electron chi connectivity index (χ2n) is 3.19. The highest BCUT2D eigenvalue weighted by atomic mass is 33.1. The lowest BCUT2D eigenvalue weighted by Gasteiger charge is -2.17. The average molecular weight is 331 g/mol. The van der Waals surface area contributed by atoms with Crippen LogP contribution in [0, 0.1) is 0 Å². The number of rotatable bonds is 9. The van der Waals surface area contributed by atoms with Crippen molar-refractivity contribution in [2.45, 2.75) is 25.5 Å². The molecule has 0 rings (SSSR count). The Bertz CT molecular complexity index is 298. The van der Waals surface area contributed by atoms with Gasteiger partial charge in [0.25, 0.3) is 0 Å². The molecule has 9 heteroatoms. The molecular formula is C10H20O6PS2+. The molecule has 19 heavy (non-hydrogen) atoms. The predicted octanol–water partition coefficient (Wildman–Crippen LogP) is 2.50. The van der Waals surface area contributed by atoms with Crippen molar-refractivity contribution in [2.24, 2.45) is 0 Å². The minimum absolute atomic E-state index is 0.105. The minimum Gasteiger partial charge on any atom is -0.466 e. The second-order valence-corrected chi connectivity index (χ2v) is 10.1. The fourth-order valence-corrected chi connectivity index (χ4v) is 5.09. The summed E-state index contributed by atoms with van der Waals surface area (Å²) in [4.78, 5) is 23.3. The zero-order valence-electron chi connectivity index (χ0n) is 11.5. The molecule has 1 atom stereocenters. The summed E-state index contributed by atoms with van der Waals surface area (Å²) in [6.45, 7) is 3.88. The van der Waals surface area contributed by atoms with Gasteiger partial charge in [-0.2, -0.15) is 9.05 Å². The molecule has 0 aromatic heterocycles. The van der Waals surface area contributed by atoms with Gasteiger partial charge in [-0.25, -0.2) is 0 Å². The Hall–Kier alpha value is -0.0100. The molecular weight excluding hydrogens is 311 g/mol. The van der Waals surface area contributed by atoms with Gasteiger partial charge < -0.3 is 9.47 Å². The van der Waals surface area contributed by atoms with Crippen LogP contribution in [0.25, 0.3) is 0 Å². The normalized spacial score (nSPS) is 12.9.